The number of rotatable bonds is 7. The van der Waals surface area contributed by atoms with Gasteiger partial charge in [-0.2, -0.15) is 17.0 Å². The van der Waals surface area contributed by atoms with Crippen molar-refractivity contribution >= 4 is 10.2 Å². The first-order valence-electron chi connectivity index (χ1n) is 8.47. The lowest BCUT2D eigenvalue weighted by Gasteiger charge is -2.35. The molecule has 0 spiro atoms. The summed E-state index contributed by atoms with van der Waals surface area (Å²) in [5, 5.41) is 10.2. The van der Waals surface area contributed by atoms with Crippen molar-refractivity contribution in [2.75, 3.05) is 53.4 Å². The molecule has 0 bridgehead atoms. The smallest absolute Gasteiger partial charge is 0.281 e. The van der Waals surface area contributed by atoms with Crippen LogP contribution in [-0.2, 0) is 10.2 Å². The molecule has 0 aliphatic carbocycles. The Balaban J connectivity index is 1.78. The van der Waals surface area contributed by atoms with Gasteiger partial charge in [0.2, 0.25) is 0 Å². The Morgan fingerprint density at radius 1 is 1.12 bits per heavy atom. The van der Waals surface area contributed by atoms with Crippen molar-refractivity contribution in [2.24, 2.45) is 0 Å². The molecule has 1 aliphatic rings. The highest BCUT2D eigenvalue weighted by atomic mass is 32.2. The first-order chi connectivity index (χ1) is 11.7. The van der Waals surface area contributed by atoms with Gasteiger partial charge in [0, 0.05) is 46.8 Å². The molecule has 2 rings (SSSR count). The monoisotopic (exact) mass is 371 g/mol. The van der Waals surface area contributed by atoms with Crippen molar-refractivity contribution in [3.8, 4) is 5.75 Å². The van der Waals surface area contributed by atoms with Crippen LogP contribution in [0, 0.1) is 13.8 Å². The number of aryl methyl sites for hydroxylation is 2. The minimum atomic E-state index is -3.35. The Kier molecular flexibility index (Phi) is 6.81. The van der Waals surface area contributed by atoms with Gasteiger partial charge in [0.25, 0.3) is 10.2 Å². The lowest BCUT2D eigenvalue weighted by Crippen LogP contribution is -2.53. The van der Waals surface area contributed by atoms with Crippen molar-refractivity contribution in [1.29, 1.82) is 0 Å². The highest BCUT2D eigenvalue weighted by Crippen LogP contribution is 2.16. The summed E-state index contributed by atoms with van der Waals surface area (Å²) < 4.78 is 32.6. The number of ether oxygens (including phenoxy) is 1. The molecule has 0 radical (unpaired) electrons. The van der Waals surface area contributed by atoms with Crippen LogP contribution in [0.3, 0.4) is 0 Å². The standard InChI is InChI=1S/C17H29N3O4S/c1-14-9-15(2)11-17(10-14)24-13-16(21)12-19-5-7-20(8-6-19)25(22,23)18(3)4/h9-11,16,21H,5-8,12-13H2,1-4H3/t16-/m1/s1. The number of piperazine rings is 1. The Morgan fingerprint density at radius 2 is 1.68 bits per heavy atom. The Hall–Kier alpha value is -1.19. The van der Waals surface area contributed by atoms with Crippen LogP contribution in [0.25, 0.3) is 0 Å². The summed E-state index contributed by atoms with van der Waals surface area (Å²) in [6, 6.07) is 5.97. The second-order valence-corrected chi connectivity index (χ2v) is 8.92. The van der Waals surface area contributed by atoms with Crippen LogP contribution in [0.5, 0.6) is 5.75 Å². The number of β-amino-alcohol motifs (C(OH)–C–C–N with tert-alkyl or cyclic N) is 1. The SMILES string of the molecule is Cc1cc(C)cc(OC[C@H](O)CN2CCN(S(=O)(=O)N(C)C)CC2)c1. The van der Waals surface area contributed by atoms with Crippen molar-refractivity contribution in [3.05, 3.63) is 29.3 Å². The average molecular weight is 372 g/mol. The molecule has 1 aromatic carbocycles. The summed E-state index contributed by atoms with van der Waals surface area (Å²) in [5.41, 5.74) is 2.26. The van der Waals surface area contributed by atoms with Gasteiger partial charge in [-0.05, 0) is 37.1 Å². The quantitative estimate of drug-likeness (QED) is 0.754. The molecule has 0 unspecified atom stereocenters. The maximum absolute atomic E-state index is 12.1. The molecule has 142 valence electrons. The number of hydrogen-bond donors (Lipinski definition) is 1. The zero-order chi connectivity index (χ0) is 18.6. The first kappa shape index (κ1) is 20.1. The molecule has 0 saturated carbocycles. The third-order valence-corrected chi connectivity index (χ3v) is 6.17. The number of benzene rings is 1. The summed E-state index contributed by atoms with van der Waals surface area (Å²) >= 11 is 0. The largest absolute Gasteiger partial charge is 0.491 e. The molecule has 1 N–H and O–H groups in total. The molecule has 7 nitrogen and oxygen atoms in total. The molecule has 8 heteroatoms. The summed E-state index contributed by atoms with van der Waals surface area (Å²) in [7, 11) is -0.278. The van der Waals surface area contributed by atoms with Gasteiger partial charge >= 0.3 is 0 Å². The van der Waals surface area contributed by atoms with Gasteiger partial charge in [-0.1, -0.05) is 6.07 Å². The van der Waals surface area contributed by atoms with E-state index in [0.717, 1.165) is 16.9 Å². The molecule has 0 amide bonds. The normalized spacial score (nSPS) is 18.5. The van der Waals surface area contributed by atoms with E-state index < -0.39 is 16.3 Å². The second kappa shape index (κ2) is 8.46. The van der Waals surface area contributed by atoms with Crippen LogP contribution in [0.15, 0.2) is 18.2 Å². The zero-order valence-corrected chi connectivity index (χ0v) is 16.3. The third-order valence-electron chi connectivity index (χ3n) is 4.23. The molecule has 1 aliphatic heterocycles. The molecule has 1 saturated heterocycles. The molecular weight excluding hydrogens is 342 g/mol. The Labute approximate surface area is 151 Å². The first-order valence-corrected chi connectivity index (χ1v) is 9.87. The van der Waals surface area contributed by atoms with Gasteiger partial charge in [-0.15, -0.1) is 0 Å². The molecule has 0 aromatic heterocycles. The Morgan fingerprint density at radius 3 is 2.20 bits per heavy atom. The summed E-state index contributed by atoms with van der Waals surface area (Å²) in [4.78, 5) is 2.07. The van der Waals surface area contributed by atoms with Crippen LogP contribution < -0.4 is 4.74 Å². The highest BCUT2D eigenvalue weighted by Gasteiger charge is 2.29. The van der Waals surface area contributed by atoms with E-state index >= 15 is 0 Å². The van der Waals surface area contributed by atoms with E-state index in [-0.39, 0.29) is 6.61 Å². The summed E-state index contributed by atoms with van der Waals surface area (Å²) in [6.45, 7) is 6.80. The maximum Gasteiger partial charge on any atom is 0.281 e. The van der Waals surface area contributed by atoms with Crippen molar-refractivity contribution < 1.29 is 18.3 Å². The lowest BCUT2D eigenvalue weighted by molar-refractivity contribution is 0.0564. The van der Waals surface area contributed by atoms with Crippen molar-refractivity contribution in [2.45, 2.75) is 20.0 Å². The van der Waals surface area contributed by atoms with Gasteiger partial charge in [0.15, 0.2) is 0 Å². The van der Waals surface area contributed by atoms with Crippen LogP contribution in [-0.4, -0.2) is 86.6 Å². The minimum Gasteiger partial charge on any atom is -0.491 e. The van der Waals surface area contributed by atoms with E-state index in [0.29, 0.717) is 32.7 Å². The molecule has 1 heterocycles. The predicted molar refractivity (Wildman–Crippen MR) is 98.0 cm³/mol. The van der Waals surface area contributed by atoms with Crippen LogP contribution >= 0.6 is 0 Å². The fourth-order valence-electron chi connectivity index (χ4n) is 2.93. The molecule has 1 atom stereocenters. The maximum atomic E-state index is 12.1. The zero-order valence-electron chi connectivity index (χ0n) is 15.5. The van der Waals surface area contributed by atoms with Gasteiger partial charge in [-0.25, -0.2) is 0 Å². The molecule has 1 aromatic rings. The molecular formula is C17H29N3O4S. The van der Waals surface area contributed by atoms with Crippen LogP contribution in [0.1, 0.15) is 11.1 Å². The van der Waals surface area contributed by atoms with Gasteiger partial charge in [0.05, 0.1) is 0 Å². The summed E-state index contributed by atoms with van der Waals surface area (Å²) in [5.74, 6) is 0.762. The predicted octanol–water partition coefficient (Wildman–Crippen LogP) is 0.467. The average Bonchev–Trinajstić information content (AvgIpc) is 2.52. The third kappa shape index (κ3) is 5.65. The van der Waals surface area contributed by atoms with Crippen molar-refractivity contribution in [3.63, 3.8) is 0 Å². The van der Waals surface area contributed by atoms with Gasteiger partial charge in [0.1, 0.15) is 18.5 Å². The van der Waals surface area contributed by atoms with E-state index in [1.807, 2.05) is 26.0 Å². The second-order valence-electron chi connectivity index (χ2n) is 6.78. The van der Waals surface area contributed by atoms with E-state index in [2.05, 4.69) is 11.0 Å². The number of hydrogen-bond acceptors (Lipinski definition) is 5. The Bertz CT molecular complexity index is 650. The number of aliphatic hydroxyl groups excluding tert-OH is 1. The number of nitrogens with zero attached hydrogens (tertiary/aromatic N) is 3. The lowest BCUT2D eigenvalue weighted by atomic mass is 10.1. The van der Waals surface area contributed by atoms with Gasteiger partial charge < -0.3 is 9.84 Å². The van der Waals surface area contributed by atoms with E-state index in [9.17, 15) is 13.5 Å². The number of aliphatic hydroxyl groups is 1. The van der Waals surface area contributed by atoms with E-state index in [4.69, 9.17) is 4.74 Å². The summed E-state index contributed by atoms with van der Waals surface area (Å²) in [6.07, 6.45) is -0.613. The van der Waals surface area contributed by atoms with E-state index in [1.54, 1.807) is 0 Å². The fourth-order valence-corrected chi connectivity index (χ4v) is 4.02. The van der Waals surface area contributed by atoms with Crippen molar-refractivity contribution in [1.82, 2.24) is 13.5 Å². The van der Waals surface area contributed by atoms with Crippen LogP contribution in [0.2, 0.25) is 0 Å². The molecule has 1 fully saturated rings. The van der Waals surface area contributed by atoms with Gasteiger partial charge in [-0.3, -0.25) is 4.90 Å². The van der Waals surface area contributed by atoms with Crippen LogP contribution in [0.4, 0.5) is 0 Å². The molecule has 25 heavy (non-hydrogen) atoms. The minimum absolute atomic E-state index is 0.221. The fraction of sp³-hybridized carbons (Fsp3) is 0.647. The highest BCUT2D eigenvalue weighted by molar-refractivity contribution is 7.86. The van der Waals surface area contributed by atoms with E-state index in [1.165, 1.54) is 22.7 Å². The topological polar surface area (TPSA) is 73.3 Å².